The molecule has 6 heteroatoms. The zero-order valence-corrected chi connectivity index (χ0v) is 10.5. The lowest BCUT2D eigenvalue weighted by atomic mass is 10.2. The van der Waals surface area contributed by atoms with Crippen LogP contribution in [0.4, 0.5) is 5.69 Å². The van der Waals surface area contributed by atoms with Crippen molar-refractivity contribution in [2.75, 3.05) is 17.0 Å². The van der Waals surface area contributed by atoms with Gasteiger partial charge in [-0.3, -0.25) is 0 Å². The Morgan fingerprint density at radius 2 is 1.75 bits per heavy atom. The van der Waals surface area contributed by atoms with E-state index in [-0.39, 0.29) is 7.43 Å². The van der Waals surface area contributed by atoms with Crippen LogP contribution in [0.15, 0.2) is 24.3 Å². The van der Waals surface area contributed by atoms with Crippen molar-refractivity contribution >= 4 is 27.8 Å². The lowest BCUT2D eigenvalue weighted by Gasteiger charge is -2.20. The molecule has 92 valence electrons. The van der Waals surface area contributed by atoms with Gasteiger partial charge in [0.2, 0.25) is 0 Å². The summed E-state index contributed by atoms with van der Waals surface area (Å²) in [6, 6.07) is 7.31. The van der Waals surface area contributed by atoms with E-state index in [1.165, 1.54) is 10.8 Å². The fourth-order valence-corrected chi connectivity index (χ4v) is 3.00. The maximum absolute atomic E-state index is 11.6. The molecule has 0 unspecified atom stereocenters. The Morgan fingerprint density at radius 3 is 2.12 bits per heavy atom. The van der Waals surface area contributed by atoms with Gasteiger partial charge in [0, 0.05) is 13.3 Å². The van der Waals surface area contributed by atoms with Crippen molar-refractivity contribution in [1.82, 2.24) is 4.72 Å². The first-order valence-electron chi connectivity index (χ1n) is 4.36. The van der Waals surface area contributed by atoms with Crippen LogP contribution in [0.5, 0.6) is 0 Å². The van der Waals surface area contributed by atoms with Gasteiger partial charge in [0.25, 0.3) is 0 Å². The van der Waals surface area contributed by atoms with Crippen LogP contribution < -0.4 is 8.43 Å². The van der Waals surface area contributed by atoms with Crippen molar-refractivity contribution in [3.63, 3.8) is 0 Å². The normalized spacial score (nSPS) is 10.7. The number of nitrogens with one attached hydrogen (secondary N) is 1. The molecule has 1 aromatic carbocycles. The van der Waals surface area contributed by atoms with Crippen LogP contribution in [0, 0.1) is 6.92 Å². The molecule has 1 aromatic rings. The molecule has 0 aromatic heterocycles. The van der Waals surface area contributed by atoms with Crippen LogP contribution in [0.2, 0.25) is 0 Å². The largest absolute Gasteiger partial charge is 0.310 e. The highest BCUT2D eigenvalue weighted by atomic mass is 32.3. The fraction of sp³-hybridized carbons (Fsp3) is 0.400. The van der Waals surface area contributed by atoms with Gasteiger partial charge in [0.15, 0.2) is 0 Å². The summed E-state index contributed by atoms with van der Waals surface area (Å²) in [7, 11) is -2.03. The van der Waals surface area contributed by atoms with E-state index in [4.69, 9.17) is 0 Å². The monoisotopic (exact) mass is 262 g/mol. The van der Waals surface area contributed by atoms with Gasteiger partial charge in [-0.15, -0.1) is 0 Å². The Hall–Kier alpha value is -0.720. The topological polar surface area (TPSA) is 49.4 Å². The fourth-order valence-electron chi connectivity index (χ4n) is 1.09. The molecule has 1 N–H and O–H groups in total. The minimum Gasteiger partial charge on any atom is -0.200 e. The molecule has 0 saturated heterocycles. The predicted molar refractivity (Wildman–Crippen MR) is 71.9 cm³/mol. The summed E-state index contributed by atoms with van der Waals surface area (Å²) in [6.45, 7) is 1.96. The Balaban J connectivity index is 0.00000225. The quantitative estimate of drug-likeness (QED) is 0.846. The minimum absolute atomic E-state index is 0. The van der Waals surface area contributed by atoms with Crippen LogP contribution in [0.1, 0.15) is 13.0 Å². The molecule has 1 rings (SSSR count). The van der Waals surface area contributed by atoms with Gasteiger partial charge < -0.3 is 0 Å². The predicted octanol–water partition coefficient (Wildman–Crippen LogP) is 2.18. The number of hydrogen-bond acceptors (Lipinski definition) is 3. The van der Waals surface area contributed by atoms with Gasteiger partial charge in [-0.05, 0) is 31.0 Å². The molecule has 0 spiro atoms. The highest BCUT2D eigenvalue weighted by Crippen LogP contribution is 2.23. The number of anilines is 1. The number of nitrogens with zero attached hydrogens (tertiary/aromatic N) is 1. The van der Waals surface area contributed by atoms with Crippen molar-refractivity contribution in [1.29, 1.82) is 0 Å². The molecule has 4 nitrogen and oxygen atoms in total. The number of hydrogen-bond donors (Lipinski definition) is 1. The molecule has 0 radical (unpaired) electrons. The van der Waals surface area contributed by atoms with Gasteiger partial charge in [-0.25, -0.2) is 0 Å². The molecule has 0 fully saturated rings. The third kappa shape index (κ3) is 3.40. The lowest BCUT2D eigenvalue weighted by molar-refractivity contribution is 0.590. The van der Waals surface area contributed by atoms with E-state index in [1.807, 2.05) is 19.1 Å². The summed E-state index contributed by atoms with van der Waals surface area (Å²) in [5.74, 6) is 0. The summed E-state index contributed by atoms with van der Waals surface area (Å²) in [5.41, 5.74) is 1.74. The molecular formula is C10H18N2O2S2. The van der Waals surface area contributed by atoms with Gasteiger partial charge in [-0.2, -0.15) is 16.9 Å². The average molecular weight is 262 g/mol. The smallest absolute Gasteiger partial charge is 0.200 e. The third-order valence-electron chi connectivity index (χ3n) is 1.89. The first-order chi connectivity index (χ1) is 7.01. The van der Waals surface area contributed by atoms with Crippen LogP contribution in [0.25, 0.3) is 0 Å². The van der Waals surface area contributed by atoms with E-state index in [0.717, 1.165) is 17.5 Å². The second-order valence-corrected chi connectivity index (χ2v) is 5.64. The number of benzene rings is 1. The molecule has 0 atom stereocenters. The first kappa shape index (κ1) is 15.3. The standard InChI is InChI=1S/C9H14N2O2S2.CH4/c1-8-4-6-9(7-5-8)11(14-3)15(12,13)10-2;/h4-7,10H,1-3H3;1H4. The molecule has 0 saturated carbocycles. The average Bonchev–Trinajstić information content (AvgIpc) is 2.22. The van der Waals surface area contributed by atoms with E-state index >= 15 is 0 Å². The maximum atomic E-state index is 11.6. The molecule has 0 bridgehead atoms. The Morgan fingerprint density at radius 1 is 1.25 bits per heavy atom. The lowest BCUT2D eigenvalue weighted by Crippen LogP contribution is -2.33. The van der Waals surface area contributed by atoms with Crippen LogP contribution in [-0.2, 0) is 10.2 Å². The van der Waals surface area contributed by atoms with Crippen molar-refractivity contribution in [3.05, 3.63) is 29.8 Å². The SMILES string of the molecule is C.CNS(=O)(=O)N(SC)c1ccc(C)cc1. The molecule has 0 aliphatic heterocycles. The van der Waals surface area contributed by atoms with Gasteiger partial charge in [0.1, 0.15) is 0 Å². The highest BCUT2D eigenvalue weighted by Gasteiger charge is 2.19. The summed E-state index contributed by atoms with van der Waals surface area (Å²) in [6.07, 6.45) is 1.72. The second-order valence-electron chi connectivity index (χ2n) is 2.95. The van der Waals surface area contributed by atoms with E-state index in [9.17, 15) is 8.42 Å². The Labute approximate surface area is 102 Å². The molecular weight excluding hydrogens is 244 g/mol. The van der Waals surface area contributed by atoms with E-state index in [1.54, 1.807) is 18.4 Å². The summed E-state index contributed by atoms with van der Waals surface area (Å²) < 4.78 is 26.7. The van der Waals surface area contributed by atoms with Gasteiger partial charge >= 0.3 is 10.2 Å². The summed E-state index contributed by atoms with van der Waals surface area (Å²) in [4.78, 5) is 0. The molecule has 16 heavy (non-hydrogen) atoms. The zero-order valence-electron chi connectivity index (χ0n) is 8.89. The third-order valence-corrected chi connectivity index (χ3v) is 4.63. The molecule has 0 heterocycles. The van der Waals surface area contributed by atoms with Crippen molar-refractivity contribution in [2.24, 2.45) is 0 Å². The van der Waals surface area contributed by atoms with Crippen LogP contribution in [0.3, 0.4) is 0 Å². The van der Waals surface area contributed by atoms with Crippen LogP contribution in [-0.4, -0.2) is 21.7 Å². The second kappa shape index (κ2) is 6.12. The van der Waals surface area contributed by atoms with E-state index in [0.29, 0.717) is 5.69 Å². The van der Waals surface area contributed by atoms with E-state index in [2.05, 4.69) is 4.72 Å². The van der Waals surface area contributed by atoms with Crippen molar-refractivity contribution in [2.45, 2.75) is 14.4 Å². The minimum atomic E-state index is -3.43. The molecule has 0 aliphatic rings. The van der Waals surface area contributed by atoms with Crippen LogP contribution >= 0.6 is 11.9 Å². The van der Waals surface area contributed by atoms with Crippen molar-refractivity contribution in [3.8, 4) is 0 Å². The number of rotatable bonds is 4. The zero-order chi connectivity index (χ0) is 11.5. The van der Waals surface area contributed by atoms with Gasteiger partial charge in [-0.1, -0.05) is 25.1 Å². The summed E-state index contributed by atoms with van der Waals surface area (Å²) >= 11 is 1.14. The van der Waals surface area contributed by atoms with E-state index < -0.39 is 10.2 Å². The first-order valence-corrected chi connectivity index (χ1v) is 6.98. The summed E-state index contributed by atoms with van der Waals surface area (Å²) in [5, 5.41) is 0. The molecule has 0 aliphatic carbocycles. The van der Waals surface area contributed by atoms with Crippen molar-refractivity contribution < 1.29 is 8.42 Å². The Kier molecular flexibility index (Phi) is 5.85. The maximum Gasteiger partial charge on any atom is 0.310 e. The molecule has 0 amide bonds. The van der Waals surface area contributed by atoms with Gasteiger partial charge in [0.05, 0.1) is 5.69 Å². The Bertz CT molecular complexity index is 415. The number of aryl methyl sites for hydroxylation is 1. The highest BCUT2D eigenvalue weighted by molar-refractivity contribution is 8.13.